The maximum absolute atomic E-state index is 13.5. The number of carbonyl (C=O) groups excluding carboxylic acids is 3. The third kappa shape index (κ3) is 8.99. The summed E-state index contributed by atoms with van der Waals surface area (Å²) < 4.78 is 11.8. The molecule has 2 aliphatic rings. The Hall–Kier alpha value is -3.55. The Bertz CT molecular complexity index is 1290. The number of ketones is 1. The first-order chi connectivity index (χ1) is 20.7. The van der Waals surface area contributed by atoms with E-state index in [-0.39, 0.29) is 17.9 Å². The summed E-state index contributed by atoms with van der Waals surface area (Å²) in [5.74, 6) is 1.35. The molecule has 0 N–H and O–H groups in total. The van der Waals surface area contributed by atoms with Crippen LogP contribution in [0.3, 0.4) is 0 Å². The van der Waals surface area contributed by atoms with Crippen LogP contribution in [-0.4, -0.2) is 78.1 Å². The van der Waals surface area contributed by atoms with Gasteiger partial charge < -0.3 is 24.2 Å². The standard InChI is InChI=1S/C36H51N3O5/c1-26(2)28-16-13-27(14-17-28)15-18-32(40)29-10-9-19-39(25-29)30-11-8-12-31(24-30)43-36(6,7)33(41)37-20-22-38(23-21-37)34(42)44-35(3,4)5/h8,11-14,16-17,24,26,29H,9-10,15,18-23,25H2,1-7H3. The zero-order valence-corrected chi connectivity index (χ0v) is 27.7. The summed E-state index contributed by atoms with van der Waals surface area (Å²) in [6.07, 6.45) is 2.86. The molecule has 2 fully saturated rings. The molecule has 0 radical (unpaired) electrons. The molecule has 2 heterocycles. The number of rotatable bonds is 9. The Balaban J connectivity index is 1.30. The van der Waals surface area contributed by atoms with Crippen LogP contribution in [0, 0.1) is 5.92 Å². The number of piperazine rings is 1. The summed E-state index contributed by atoms with van der Waals surface area (Å²) in [7, 11) is 0. The van der Waals surface area contributed by atoms with Gasteiger partial charge in [0.25, 0.3) is 5.91 Å². The van der Waals surface area contributed by atoms with E-state index in [1.807, 2.05) is 45.0 Å². The minimum absolute atomic E-state index is 0.0145. The van der Waals surface area contributed by atoms with Crippen molar-refractivity contribution in [2.75, 3.05) is 44.2 Å². The minimum Gasteiger partial charge on any atom is -0.478 e. The molecule has 240 valence electrons. The molecule has 2 saturated heterocycles. The minimum atomic E-state index is -1.08. The summed E-state index contributed by atoms with van der Waals surface area (Å²) in [5, 5.41) is 0. The van der Waals surface area contributed by atoms with E-state index in [2.05, 4.69) is 43.0 Å². The fourth-order valence-electron chi connectivity index (χ4n) is 5.90. The molecule has 8 heteroatoms. The fourth-order valence-corrected chi connectivity index (χ4v) is 5.90. The highest BCUT2D eigenvalue weighted by Gasteiger charge is 2.37. The third-order valence-electron chi connectivity index (χ3n) is 8.47. The van der Waals surface area contributed by atoms with Crippen LogP contribution in [0.15, 0.2) is 48.5 Å². The fraction of sp³-hybridized carbons (Fsp3) is 0.583. The largest absolute Gasteiger partial charge is 0.478 e. The van der Waals surface area contributed by atoms with Gasteiger partial charge in [0.2, 0.25) is 0 Å². The van der Waals surface area contributed by atoms with Crippen LogP contribution in [0.5, 0.6) is 5.75 Å². The van der Waals surface area contributed by atoms with E-state index in [9.17, 15) is 14.4 Å². The smallest absolute Gasteiger partial charge is 0.410 e. The zero-order valence-electron chi connectivity index (χ0n) is 27.7. The first kappa shape index (κ1) is 33.3. The highest BCUT2D eigenvalue weighted by Crippen LogP contribution is 2.30. The maximum Gasteiger partial charge on any atom is 0.410 e. The molecule has 0 spiro atoms. The van der Waals surface area contributed by atoms with Crippen LogP contribution in [0.1, 0.15) is 84.8 Å². The van der Waals surface area contributed by atoms with Gasteiger partial charge >= 0.3 is 6.09 Å². The number of Topliss-reactive ketones (excluding diaryl/α,β-unsaturated/α-hetero) is 1. The van der Waals surface area contributed by atoms with Crippen LogP contribution in [0.4, 0.5) is 10.5 Å². The molecule has 1 unspecified atom stereocenters. The van der Waals surface area contributed by atoms with Gasteiger partial charge in [0.1, 0.15) is 17.1 Å². The van der Waals surface area contributed by atoms with Gasteiger partial charge in [-0.15, -0.1) is 0 Å². The highest BCUT2D eigenvalue weighted by molar-refractivity contribution is 5.85. The van der Waals surface area contributed by atoms with E-state index in [0.29, 0.717) is 56.6 Å². The van der Waals surface area contributed by atoms with Crippen LogP contribution < -0.4 is 9.64 Å². The summed E-state index contributed by atoms with van der Waals surface area (Å²) >= 11 is 0. The van der Waals surface area contributed by atoms with Crippen LogP contribution in [0.25, 0.3) is 0 Å². The van der Waals surface area contributed by atoms with Crippen molar-refractivity contribution >= 4 is 23.5 Å². The van der Waals surface area contributed by atoms with Gasteiger partial charge in [0, 0.05) is 63.4 Å². The van der Waals surface area contributed by atoms with Crippen molar-refractivity contribution in [3.63, 3.8) is 0 Å². The second-order valence-corrected chi connectivity index (χ2v) is 14.0. The van der Waals surface area contributed by atoms with Crippen molar-refractivity contribution in [1.82, 2.24) is 9.80 Å². The van der Waals surface area contributed by atoms with Crippen molar-refractivity contribution in [2.45, 2.75) is 91.3 Å². The summed E-state index contributed by atoms with van der Waals surface area (Å²) in [4.78, 5) is 44.7. The van der Waals surface area contributed by atoms with Gasteiger partial charge in [-0.2, -0.15) is 0 Å². The van der Waals surface area contributed by atoms with Gasteiger partial charge in [-0.05, 0) is 83.1 Å². The van der Waals surface area contributed by atoms with E-state index in [0.717, 1.165) is 31.5 Å². The number of hydrogen-bond acceptors (Lipinski definition) is 6. The average Bonchev–Trinajstić information content (AvgIpc) is 2.99. The Morgan fingerprint density at radius 3 is 2.18 bits per heavy atom. The summed E-state index contributed by atoms with van der Waals surface area (Å²) in [5.41, 5.74) is 1.89. The first-order valence-electron chi connectivity index (χ1n) is 16.1. The second kappa shape index (κ2) is 14.0. The predicted molar refractivity (Wildman–Crippen MR) is 174 cm³/mol. The Morgan fingerprint density at radius 1 is 0.886 bits per heavy atom. The van der Waals surface area contributed by atoms with Gasteiger partial charge in [-0.3, -0.25) is 9.59 Å². The molecule has 0 bridgehead atoms. The summed E-state index contributed by atoms with van der Waals surface area (Å²) in [6, 6.07) is 16.5. The van der Waals surface area contributed by atoms with E-state index in [1.54, 1.807) is 23.6 Å². The van der Waals surface area contributed by atoms with Gasteiger partial charge in [-0.25, -0.2) is 4.79 Å². The van der Waals surface area contributed by atoms with Crippen molar-refractivity contribution in [3.05, 3.63) is 59.7 Å². The second-order valence-electron chi connectivity index (χ2n) is 14.0. The van der Waals surface area contributed by atoms with Gasteiger partial charge in [-0.1, -0.05) is 44.2 Å². The lowest BCUT2D eigenvalue weighted by molar-refractivity contribution is -0.147. The predicted octanol–water partition coefficient (Wildman–Crippen LogP) is 6.47. The molecule has 4 rings (SSSR count). The molecule has 2 aliphatic heterocycles. The number of ether oxygens (including phenoxy) is 2. The number of hydrogen-bond donors (Lipinski definition) is 0. The Morgan fingerprint density at radius 2 is 1.55 bits per heavy atom. The third-order valence-corrected chi connectivity index (χ3v) is 8.47. The SMILES string of the molecule is CC(C)c1ccc(CCC(=O)C2CCCN(c3cccc(OC(C)(C)C(=O)N4CCN(C(=O)OC(C)(C)C)CC4)c3)C2)cc1. The number of anilines is 1. The van der Waals surface area contributed by atoms with Gasteiger partial charge in [0.15, 0.2) is 5.60 Å². The molecule has 1 atom stereocenters. The topological polar surface area (TPSA) is 79.4 Å². The number of benzene rings is 2. The summed E-state index contributed by atoms with van der Waals surface area (Å²) in [6.45, 7) is 16.8. The molecule has 0 aliphatic carbocycles. The van der Waals surface area contributed by atoms with E-state index in [1.165, 1.54) is 11.1 Å². The first-order valence-corrected chi connectivity index (χ1v) is 16.1. The maximum atomic E-state index is 13.5. The Kier molecular flexibility index (Phi) is 10.6. The molecule has 44 heavy (non-hydrogen) atoms. The van der Waals surface area contributed by atoms with Crippen molar-refractivity contribution < 1.29 is 23.9 Å². The number of amides is 2. The monoisotopic (exact) mass is 605 g/mol. The van der Waals surface area contributed by atoms with E-state index in [4.69, 9.17) is 9.47 Å². The molecule has 0 saturated carbocycles. The van der Waals surface area contributed by atoms with Crippen molar-refractivity contribution in [1.29, 1.82) is 0 Å². The molecule has 2 amide bonds. The van der Waals surface area contributed by atoms with Crippen molar-refractivity contribution in [2.24, 2.45) is 5.92 Å². The molecular weight excluding hydrogens is 554 g/mol. The normalized spacial score (nSPS) is 17.9. The quantitative estimate of drug-likeness (QED) is 0.326. The van der Waals surface area contributed by atoms with E-state index < -0.39 is 11.2 Å². The Labute approximate surface area is 263 Å². The molecular formula is C36H51N3O5. The lowest BCUT2D eigenvalue weighted by Gasteiger charge is -2.39. The number of carbonyl (C=O) groups is 3. The van der Waals surface area contributed by atoms with Crippen LogP contribution in [0.2, 0.25) is 0 Å². The van der Waals surface area contributed by atoms with Crippen LogP contribution in [-0.2, 0) is 20.7 Å². The molecule has 2 aromatic carbocycles. The highest BCUT2D eigenvalue weighted by atomic mass is 16.6. The molecule has 8 nitrogen and oxygen atoms in total. The molecule has 0 aromatic heterocycles. The molecule has 2 aromatic rings. The number of piperidine rings is 1. The van der Waals surface area contributed by atoms with Crippen molar-refractivity contribution in [3.8, 4) is 5.75 Å². The number of nitrogens with zero attached hydrogens (tertiary/aromatic N) is 3. The van der Waals surface area contributed by atoms with Crippen LogP contribution >= 0.6 is 0 Å². The van der Waals surface area contributed by atoms with Gasteiger partial charge in [0.05, 0.1) is 0 Å². The van der Waals surface area contributed by atoms with E-state index >= 15 is 0 Å². The average molecular weight is 606 g/mol. The lowest BCUT2D eigenvalue weighted by atomic mass is 9.90. The zero-order chi connectivity index (χ0) is 32.1. The number of aryl methyl sites for hydroxylation is 1. The lowest BCUT2D eigenvalue weighted by Crippen LogP contribution is -2.57.